The SMILES string of the molecule is CCn1c2c(c(=O)[nH]c1=O)[C@H](c1ccc(OC)cc1)C1=C(CC(C)(C)CC1=O)N2. The Balaban J connectivity index is 2.02. The number of anilines is 1. The second kappa shape index (κ2) is 6.76. The summed E-state index contributed by atoms with van der Waals surface area (Å²) in [6, 6.07) is 7.38. The van der Waals surface area contributed by atoms with Gasteiger partial charge in [0, 0.05) is 30.2 Å². The maximum absolute atomic E-state index is 13.2. The fourth-order valence-electron chi connectivity index (χ4n) is 4.49. The van der Waals surface area contributed by atoms with Crippen LogP contribution in [-0.4, -0.2) is 22.4 Å². The maximum Gasteiger partial charge on any atom is 0.329 e. The Hall–Kier alpha value is -3.09. The van der Waals surface area contributed by atoms with Crippen LogP contribution in [0.3, 0.4) is 0 Å². The average Bonchev–Trinajstić information content (AvgIpc) is 2.66. The lowest BCUT2D eigenvalue weighted by atomic mass is 9.69. The summed E-state index contributed by atoms with van der Waals surface area (Å²) < 4.78 is 6.77. The number of rotatable bonds is 3. The number of Topliss-reactive ketones (excluding diaryl/α,β-unsaturated/α-hetero) is 1. The van der Waals surface area contributed by atoms with Crippen LogP contribution in [0.2, 0.25) is 0 Å². The summed E-state index contributed by atoms with van der Waals surface area (Å²) in [5.74, 6) is 0.675. The molecule has 0 saturated carbocycles. The van der Waals surface area contributed by atoms with Gasteiger partial charge in [0.05, 0.1) is 12.7 Å². The first-order chi connectivity index (χ1) is 13.8. The van der Waals surface area contributed by atoms with Crippen molar-refractivity contribution in [2.75, 3.05) is 12.4 Å². The maximum atomic E-state index is 13.2. The van der Waals surface area contributed by atoms with Gasteiger partial charge < -0.3 is 10.1 Å². The summed E-state index contributed by atoms with van der Waals surface area (Å²) in [4.78, 5) is 40.9. The molecule has 2 aromatic rings. The van der Waals surface area contributed by atoms with E-state index in [1.54, 1.807) is 7.11 Å². The van der Waals surface area contributed by atoms with Gasteiger partial charge >= 0.3 is 5.69 Å². The first kappa shape index (κ1) is 19.2. The Morgan fingerprint density at radius 3 is 2.45 bits per heavy atom. The molecule has 7 heteroatoms. The third-order valence-corrected chi connectivity index (χ3v) is 5.77. The van der Waals surface area contributed by atoms with Crippen molar-refractivity contribution >= 4 is 11.6 Å². The normalized spacial score (nSPS) is 20.0. The Morgan fingerprint density at radius 2 is 1.83 bits per heavy atom. The van der Waals surface area contributed by atoms with Crippen LogP contribution < -0.4 is 21.3 Å². The van der Waals surface area contributed by atoms with Crippen molar-refractivity contribution in [1.82, 2.24) is 9.55 Å². The minimum atomic E-state index is -0.530. The molecule has 2 aliphatic rings. The van der Waals surface area contributed by atoms with Crippen molar-refractivity contribution in [2.24, 2.45) is 5.41 Å². The Bertz CT molecular complexity index is 1140. The molecule has 7 nitrogen and oxygen atoms in total. The second-order valence-corrected chi connectivity index (χ2v) is 8.43. The largest absolute Gasteiger partial charge is 0.497 e. The minimum Gasteiger partial charge on any atom is -0.497 e. The molecule has 1 aromatic heterocycles. The van der Waals surface area contributed by atoms with E-state index >= 15 is 0 Å². The predicted octanol–water partition coefficient (Wildman–Crippen LogP) is 2.77. The van der Waals surface area contributed by atoms with Gasteiger partial charge in [-0.05, 0) is 36.5 Å². The molecule has 29 heavy (non-hydrogen) atoms. The number of fused-ring (bicyclic) bond motifs is 1. The number of carbonyl (C=O) groups is 1. The van der Waals surface area contributed by atoms with Gasteiger partial charge in [-0.1, -0.05) is 26.0 Å². The molecule has 1 atom stereocenters. The van der Waals surface area contributed by atoms with Gasteiger partial charge in [-0.25, -0.2) is 4.79 Å². The summed E-state index contributed by atoms with van der Waals surface area (Å²) in [6.45, 7) is 6.36. The number of nitrogens with one attached hydrogen (secondary N) is 2. The van der Waals surface area contributed by atoms with Crippen LogP contribution in [-0.2, 0) is 11.3 Å². The monoisotopic (exact) mass is 395 g/mol. The van der Waals surface area contributed by atoms with Crippen LogP contribution in [0.5, 0.6) is 5.75 Å². The van der Waals surface area contributed by atoms with Crippen LogP contribution in [0.4, 0.5) is 5.82 Å². The summed E-state index contributed by atoms with van der Waals surface area (Å²) in [6.07, 6.45) is 1.09. The molecule has 1 aliphatic heterocycles. The van der Waals surface area contributed by atoms with E-state index in [4.69, 9.17) is 4.74 Å². The van der Waals surface area contributed by atoms with Gasteiger partial charge in [-0.15, -0.1) is 0 Å². The van der Waals surface area contributed by atoms with E-state index < -0.39 is 17.2 Å². The summed E-state index contributed by atoms with van der Waals surface area (Å²) in [7, 11) is 1.59. The number of hydrogen-bond acceptors (Lipinski definition) is 5. The molecular weight excluding hydrogens is 370 g/mol. The third-order valence-electron chi connectivity index (χ3n) is 5.77. The number of H-pyrrole nitrogens is 1. The number of hydrogen-bond donors (Lipinski definition) is 2. The van der Waals surface area contributed by atoms with Crippen molar-refractivity contribution in [3.63, 3.8) is 0 Å². The van der Waals surface area contributed by atoms with Crippen molar-refractivity contribution in [3.8, 4) is 5.75 Å². The van der Waals surface area contributed by atoms with Gasteiger partial charge in [0.2, 0.25) is 0 Å². The lowest BCUT2D eigenvalue weighted by Gasteiger charge is -2.39. The Morgan fingerprint density at radius 1 is 1.14 bits per heavy atom. The number of allylic oxidation sites excluding steroid dienone is 2. The van der Waals surface area contributed by atoms with Gasteiger partial charge in [-0.2, -0.15) is 0 Å². The molecule has 4 rings (SSSR count). The lowest BCUT2D eigenvalue weighted by Crippen LogP contribution is -2.41. The molecule has 0 amide bonds. The second-order valence-electron chi connectivity index (χ2n) is 8.43. The molecule has 1 aliphatic carbocycles. The van der Waals surface area contributed by atoms with Crippen molar-refractivity contribution in [2.45, 2.75) is 46.1 Å². The first-order valence-corrected chi connectivity index (χ1v) is 9.80. The minimum absolute atomic E-state index is 0.0314. The van der Waals surface area contributed by atoms with Crippen molar-refractivity contribution in [3.05, 3.63) is 67.5 Å². The van der Waals surface area contributed by atoms with E-state index in [-0.39, 0.29) is 11.2 Å². The zero-order valence-corrected chi connectivity index (χ0v) is 17.1. The van der Waals surface area contributed by atoms with E-state index in [1.165, 1.54) is 4.57 Å². The number of aromatic amines is 1. The molecule has 2 N–H and O–H groups in total. The van der Waals surface area contributed by atoms with Crippen LogP contribution in [0, 0.1) is 5.41 Å². The number of benzene rings is 1. The topological polar surface area (TPSA) is 93.2 Å². The van der Waals surface area contributed by atoms with E-state index in [0.29, 0.717) is 42.1 Å². The van der Waals surface area contributed by atoms with Gasteiger partial charge in [0.25, 0.3) is 5.56 Å². The van der Waals surface area contributed by atoms with Crippen LogP contribution >= 0.6 is 0 Å². The average molecular weight is 395 g/mol. The molecule has 0 bridgehead atoms. The van der Waals surface area contributed by atoms with Crippen LogP contribution in [0.15, 0.2) is 45.1 Å². The molecule has 0 saturated heterocycles. The lowest BCUT2D eigenvalue weighted by molar-refractivity contribution is -0.118. The van der Waals surface area contributed by atoms with E-state index in [0.717, 1.165) is 11.3 Å². The quantitative estimate of drug-likeness (QED) is 0.834. The fourth-order valence-corrected chi connectivity index (χ4v) is 4.49. The molecule has 0 fully saturated rings. The number of ether oxygens (including phenoxy) is 1. The Kier molecular flexibility index (Phi) is 4.48. The highest BCUT2D eigenvalue weighted by Gasteiger charge is 2.42. The molecule has 0 radical (unpaired) electrons. The first-order valence-electron chi connectivity index (χ1n) is 9.80. The highest BCUT2D eigenvalue weighted by atomic mass is 16.5. The van der Waals surface area contributed by atoms with Crippen LogP contribution in [0.25, 0.3) is 0 Å². The van der Waals surface area contributed by atoms with E-state index in [2.05, 4.69) is 24.1 Å². The molecule has 0 spiro atoms. The van der Waals surface area contributed by atoms with Gasteiger partial charge in [0.1, 0.15) is 11.6 Å². The summed E-state index contributed by atoms with van der Waals surface area (Å²) in [5.41, 5.74) is 1.53. The number of ketones is 1. The number of methoxy groups -OCH3 is 1. The fraction of sp³-hybridized carbons (Fsp3) is 0.409. The predicted molar refractivity (Wildman–Crippen MR) is 111 cm³/mol. The molecular formula is C22H25N3O4. The molecule has 152 valence electrons. The zero-order valence-electron chi connectivity index (χ0n) is 17.1. The smallest absolute Gasteiger partial charge is 0.329 e. The molecule has 0 unspecified atom stereocenters. The summed E-state index contributed by atoms with van der Waals surface area (Å²) in [5, 5.41) is 3.29. The number of carbonyl (C=O) groups excluding carboxylic acids is 1. The Labute approximate surface area is 168 Å². The number of aromatic nitrogens is 2. The van der Waals surface area contributed by atoms with E-state index in [9.17, 15) is 14.4 Å². The summed E-state index contributed by atoms with van der Waals surface area (Å²) >= 11 is 0. The van der Waals surface area contributed by atoms with Crippen molar-refractivity contribution < 1.29 is 9.53 Å². The zero-order chi connectivity index (χ0) is 20.9. The highest BCUT2D eigenvalue weighted by Crippen LogP contribution is 2.47. The van der Waals surface area contributed by atoms with Gasteiger partial charge in [0.15, 0.2) is 5.78 Å². The third kappa shape index (κ3) is 3.10. The van der Waals surface area contributed by atoms with Crippen molar-refractivity contribution in [1.29, 1.82) is 0 Å². The molecule has 2 heterocycles. The van der Waals surface area contributed by atoms with Gasteiger partial charge in [-0.3, -0.25) is 19.1 Å². The van der Waals surface area contributed by atoms with Crippen LogP contribution in [0.1, 0.15) is 50.7 Å². The standard InChI is InChI=1S/C22H25N3O4/c1-5-25-19-18(20(27)24-21(25)28)16(12-6-8-13(29-4)9-7-12)17-14(23-19)10-22(2,3)11-15(17)26/h6-9,16,23H,5,10-11H2,1-4H3,(H,24,27,28)/t16-/m1/s1. The highest BCUT2D eigenvalue weighted by molar-refractivity contribution is 6.01. The van der Waals surface area contributed by atoms with E-state index in [1.807, 2.05) is 31.2 Å². The number of nitrogens with zero attached hydrogens (tertiary/aromatic N) is 1. The molecule has 1 aromatic carbocycles.